The molecule has 0 aliphatic heterocycles. The molecular formula is C54H38N2Si. The van der Waals surface area contributed by atoms with Gasteiger partial charge in [-0.3, -0.25) is 0 Å². The number of aromatic nitrogens is 2. The molecule has 2 nitrogen and oxygen atoms in total. The zero-order chi connectivity index (χ0) is 37.8. The molecule has 0 aliphatic carbocycles. The quantitative estimate of drug-likeness (QED) is 0.114. The van der Waals surface area contributed by atoms with E-state index in [1.165, 1.54) is 75.5 Å². The van der Waals surface area contributed by atoms with Crippen molar-refractivity contribution in [3.63, 3.8) is 0 Å². The first kappa shape index (κ1) is 33.2. The summed E-state index contributed by atoms with van der Waals surface area (Å²) in [6.45, 7) is 0. The van der Waals surface area contributed by atoms with Crippen LogP contribution in [0.15, 0.2) is 231 Å². The van der Waals surface area contributed by atoms with Crippen LogP contribution < -0.4 is 20.7 Å². The van der Waals surface area contributed by atoms with Crippen molar-refractivity contribution in [1.29, 1.82) is 0 Å². The molecular weight excluding hydrogens is 705 g/mol. The molecule has 0 atom stereocenters. The van der Waals surface area contributed by atoms with Crippen molar-refractivity contribution >= 4 is 72.4 Å². The second kappa shape index (κ2) is 13.5. The summed E-state index contributed by atoms with van der Waals surface area (Å²) in [5.41, 5.74) is 9.58. The molecule has 0 aliphatic rings. The van der Waals surface area contributed by atoms with Crippen molar-refractivity contribution < 1.29 is 0 Å². The lowest BCUT2D eigenvalue weighted by Crippen LogP contribution is -2.74. The standard InChI is InChI=1S/C54H38N2Si/c1-4-16-43(17-5-1)57(44-18-6-2-7-19-44,45-20-8-3-9-21-45)46-35-33-42(34-36-46)56-53-27-15-12-24-49(53)50-38-40(30-37-54(50)56)39-28-31-41(32-29-39)55-51-25-13-10-22-47(51)48-23-11-14-26-52(48)55/h1-38H. The highest BCUT2D eigenvalue weighted by Crippen LogP contribution is 2.36. The zero-order valence-electron chi connectivity index (χ0n) is 31.3. The second-order valence-electron chi connectivity index (χ2n) is 14.9. The Kier molecular flexibility index (Phi) is 7.87. The van der Waals surface area contributed by atoms with Gasteiger partial charge in [0.2, 0.25) is 0 Å². The first-order chi connectivity index (χ1) is 28.3. The normalized spacial score (nSPS) is 11.9. The maximum Gasteiger partial charge on any atom is 0.179 e. The van der Waals surface area contributed by atoms with Crippen LogP contribution >= 0.6 is 0 Å². The summed E-state index contributed by atoms with van der Waals surface area (Å²) in [5.74, 6) is 0. The fourth-order valence-corrected chi connectivity index (χ4v) is 14.1. The number of hydrogen-bond acceptors (Lipinski definition) is 0. The maximum atomic E-state index is 2.43. The van der Waals surface area contributed by atoms with Crippen LogP contribution in [0.25, 0.3) is 66.1 Å². The van der Waals surface area contributed by atoms with E-state index in [0.717, 1.165) is 11.4 Å². The van der Waals surface area contributed by atoms with E-state index in [4.69, 9.17) is 0 Å². The van der Waals surface area contributed by atoms with Gasteiger partial charge in [-0.25, -0.2) is 0 Å². The molecule has 0 N–H and O–H groups in total. The van der Waals surface area contributed by atoms with E-state index in [2.05, 4.69) is 240 Å². The molecule has 11 aromatic rings. The van der Waals surface area contributed by atoms with Crippen molar-refractivity contribution in [2.45, 2.75) is 0 Å². The molecule has 0 fully saturated rings. The number of para-hydroxylation sites is 3. The summed E-state index contributed by atoms with van der Waals surface area (Å²) in [6.07, 6.45) is 0. The molecule has 0 spiro atoms. The van der Waals surface area contributed by atoms with E-state index in [0.29, 0.717) is 0 Å². The van der Waals surface area contributed by atoms with Crippen LogP contribution in [-0.2, 0) is 0 Å². The molecule has 11 rings (SSSR count). The van der Waals surface area contributed by atoms with Gasteiger partial charge in [0.25, 0.3) is 0 Å². The summed E-state index contributed by atoms with van der Waals surface area (Å²) < 4.78 is 4.81. The van der Waals surface area contributed by atoms with Crippen molar-refractivity contribution in [3.8, 4) is 22.5 Å². The van der Waals surface area contributed by atoms with Crippen LogP contribution in [0.1, 0.15) is 0 Å². The van der Waals surface area contributed by atoms with Gasteiger partial charge >= 0.3 is 0 Å². The highest BCUT2D eigenvalue weighted by Gasteiger charge is 2.41. The first-order valence-electron chi connectivity index (χ1n) is 19.7. The third-order valence-corrected chi connectivity index (χ3v) is 16.7. The third-order valence-electron chi connectivity index (χ3n) is 11.9. The average molecular weight is 743 g/mol. The zero-order valence-corrected chi connectivity index (χ0v) is 32.3. The van der Waals surface area contributed by atoms with Gasteiger partial charge in [-0.05, 0) is 86.5 Å². The highest BCUT2D eigenvalue weighted by molar-refractivity contribution is 7.19. The lowest BCUT2D eigenvalue weighted by molar-refractivity contribution is 1.18. The van der Waals surface area contributed by atoms with Crippen molar-refractivity contribution in [3.05, 3.63) is 231 Å². The molecule has 0 amide bonds. The van der Waals surface area contributed by atoms with Gasteiger partial charge in [0.05, 0.1) is 22.1 Å². The molecule has 2 heterocycles. The van der Waals surface area contributed by atoms with E-state index < -0.39 is 8.07 Å². The molecule has 0 bridgehead atoms. The fraction of sp³-hybridized carbons (Fsp3) is 0. The first-order valence-corrected chi connectivity index (χ1v) is 21.7. The average Bonchev–Trinajstić information content (AvgIpc) is 3.81. The van der Waals surface area contributed by atoms with Crippen molar-refractivity contribution in [2.24, 2.45) is 0 Å². The number of fused-ring (bicyclic) bond motifs is 6. The Hall–Kier alpha value is -7.20. The molecule has 0 saturated heterocycles. The summed E-state index contributed by atoms with van der Waals surface area (Å²) in [7, 11) is -2.62. The van der Waals surface area contributed by atoms with Gasteiger partial charge in [0.15, 0.2) is 8.07 Å². The largest absolute Gasteiger partial charge is 0.309 e. The van der Waals surface area contributed by atoms with E-state index in [-0.39, 0.29) is 0 Å². The smallest absolute Gasteiger partial charge is 0.179 e. The minimum Gasteiger partial charge on any atom is -0.309 e. The predicted octanol–water partition coefficient (Wildman–Crippen LogP) is 10.9. The van der Waals surface area contributed by atoms with E-state index in [1.54, 1.807) is 0 Å². The molecule has 2 aromatic heterocycles. The van der Waals surface area contributed by atoms with Gasteiger partial charge in [-0.15, -0.1) is 0 Å². The molecule has 57 heavy (non-hydrogen) atoms. The Labute approximate surface area is 333 Å². The summed E-state index contributed by atoms with van der Waals surface area (Å²) in [6, 6.07) is 85.0. The maximum absolute atomic E-state index is 2.62. The van der Waals surface area contributed by atoms with Crippen LogP contribution in [0, 0.1) is 0 Å². The van der Waals surface area contributed by atoms with E-state index >= 15 is 0 Å². The van der Waals surface area contributed by atoms with Gasteiger partial charge in [0.1, 0.15) is 0 Å². The van der Waals surface area contributed by atoms with E-state index in [9.17, 15) is 0 Å². The van der Waals surface area contributed by atoms with Crippen LogP contribution in [0.3, 0.4) is 0 Å². The number of hydrogen-bond donors (Lipinski definition) is 0. The van der Waals surface area contributed by atoms with Crippen molar-refractivity contribution in [2.75, 3.05) is 0 Å². The molecule has 0 unspecified atom stereocenters. The summed E-state index contributed by atoms with van der Waals surface area (Å²) in [4.78, 5) is 0. The van der Waals surface area contributed by atoms with Crippen LogP contribution in [0.2, 0.25) is 0 Å². The van der Waals surface area contributed by atoms with Crippen LogP contribution in [0.4, 0.5) is 0 Å². The summed E-state index contributed by atoms with van der Waals surface area (Å²) in [5, 5.41) is 10.6. The van der Waals surface area contributed by atoms with Gasteiger partial charge in [-0.2, -0.15) is 0 Å². The monoisotopic (exact) mass is 742 g/mol. The van der Waals surface area contributed by atoms with Crippen LogP contribution in [-0.4, -0.2) is 17.2 Å². The van der Waals surface area contributed by atoms with E-state index in [1.807, 2.05) is 0 Å². The topological polar surface area (TPSA) is 9.86 Å². The second-order valence-corrected chi connectivity index (χ2v) is 18.7. The Morgan fingerprint density at radius 2 is 0.579 bits per heavy atom. The lowest BCUT2D eigenvalue weighted by atomic mass is 10.0. The highest BCUT2D eigenvalue weighted by atomic mass is 28.3. The number of nitrogens with zero attached hydrogens (tertiary/aromatic N) is 2. The molecule has 0 radical (unpaired) electrons. The van der Waals surface area contributed by atoms with Crippen molar-refractivity contribution in [1.82, 2.24) is 9.13 Å². The molecule has 9 aromatic carbocycles. The van der Waals surface area contributed by atoms with Gasteiger partial charge in [-0.1, -0.05) is 176 Å². The van der Waals surface area contributed by atoms with Crippen LogP contribution in [0.5, 0.6) is 0 Å². The predicted molar refractivity (Wildman–Crippen MR) is 244 cm³/mol. The number of benzene rings is 9. The minimum atomic E-state index is -2.62. The molecule has 268 valence electrons. The SMILES string of the molecule is c1ccc([Si](c2ccccc2)(c2ccccc2)c2ccc(-n3c4ccccc4c4cc(-c5ccc(-n6c7ccccc7c7ccccc76)cc5)ccc43)cc2)cc1. The Morgan fingerprint density at radius 3 is 1.04 bits per heavy atom. The Bertz CT molecular complexity index is 3050. The third kappa shape index (κ3) is 5.24. The Morgan fingerprint density at radius 1 is 0.246 bits per heavy atom. The summed E-state index contributed by atoms with van der Waals surface area (Å²) >= 11 is 0. The number of rotatable bonds is 7. The minimum absolute atomic E-state index is 1.16. The fourth-order valence-electron chi connectivity index (χ4n) is 9.36. The molecule has 3 heteroatoms. The molecule has 0 saturated carbocycles. The van der Waals surface area contributed by atoms with Gasteiger partial charge < -0.3 is 9.13 Å². The van der Waals surface area contributed by atoms with Gasteiger partial charge in [0, 0.05) is 32.9 Å². The lowest BCUT2D eigenvalue weighted by Gasteiger charge is -2.34. The Balaban J connectivity index is 1.02.